The van der Waals surface area contributed by atoms with Crippen LogP contribution in [0.3, 0.4) is 0 Å². The second-order valence-electron chi connectivity index (χ2n) is 8.81. The molecule has 1 aliphatic heterocycles. The minimum atomic E-state index is -4.78. The van der Waals surface area contributed by atoms with E-state index in [1.807, 2.05) is 0 Å². The maximum Gasteiger partial charge on any atom is 0.497 e. The van der Waals surface area contributed by atoms with E-state index in [9.17, 15) is 22.4 Å². The van der Waals surface area contributed by atoms with Gasteiger partial charge in [0, 0.05) is 5.46 Å². The van der Waals surface area contributed by atoms with E-state index in [-0.39, 0.29) is 10.5 Å². The fourth-order valence-corrected chi connectivity index (χ4v) is 3.26. The third-order valence-electron chi connectivity index (χ3n) is 5.82. The number of anilines is 1. The molecular weight excluding hydrogens is 484 g/mol. The summed E-state index contributed by atoms with van der Waals surface area (Å²) in [7, 11) is -1.27. The van der Waals surface area contributed by atoms with E-state index >= 15 is 4.39 Å². The third kappa shape index (κ3) is 5.16. The minimum Gasteiger partial charge on any atom is -0.480 e. The van der Waals surface area contributed by atoms with Crippen molar-refractivity contribution in [2.75, 3.05) is 5.32 Å². The Morgan fingerprint density at radius 1 is 1.09 bits per heavy atom. The van der Waals surface area contributed by atoms with Crippen LogP contribution in [0, 0.1) is 11.6 Å². The molecule has 1 N–H and O–H groups in total. The van der Waals surface area contributed by atoms with Gasteiger partial charge in [0.15, 0.2) is 6.10 Å². The highest BCUT2D eigenvalue weighted by Crippen LogP contribution is 2.37. The van der Waals surface area contributed by atoms with Gasteiger partial charge in [-0.25, -0.2) is 8.78 Å². The Hall–Kier alpha value is -2.37. The van der Waals surface area contributed by atoms with Crippen molar-refractivity contribution >= 4 is 35.8 Å². The van der Waals surface area contributed by atoms with E-state index in [0.717, 1.165) is 19.1 Å². The molecule has 1 aliphatic rings. The quantitative estimate of drug-likeness (QED) is 0.431. The zero-order valence-electron chi connectivity index (χ0n) is 18.9. The van der Waals surface area contributed by atoms with Crippen LogP contribution in [0.2, 0.25) is 5.02 Å². The maximum absolute atomic E-state index is 15.1. The van der Waals surface area contributed by atoms with Crippen molar-refractivity contribution in [1.82, 2.24) is 0 Å². The molecule has 184 valence electrons. The second-order valence-corrected chi connectivity index (χ2v) is 9.22. The van der Waals surface area contributed by atoms with E-state index < -0.39 is 65.1 Å². The van der Waals surface area contributed by atoms with Crippen LogP contribution in [-0.4, -0.2) is 36.5 Å². The van der Waals surface area contributed by atoms with Crippen LogP contribution < -0.4 is 15.5 Å². The third-order valence-corrected chi connectivity index (χ3v) is 6.13. The minimum absolute atomic E-state index is 0.159. The Morgan fingerprint density at radius 3 is 2.21 bits per heavy atom. The van der Waals surface area contributed by atoms with Gasteiger partial charge in [0.1, 0.15) is 17.4 Å². The fourth-order valence-electron chi connectivity index (χ4n) is 3.05. The first kappa shape index (κ1) is 26.2. The first-order chi connectivity index (χ1) is 15.5. The number of rotatable bonds is 5. The van der Waals surface area contributed by atoms with E-state index in [1.54, 1.807) is 27.7 Å². The van der Waals surface area contributed by atoms with Crippen LogP contribution in [-0.2, 0) is 9.31 Å². The molecule has 1 saturated heterocycles. The van der Waals surface area contributed by atoms with Gasteiger partial charge >= 0.3 is 13.3 Å². The van der Waals surface area contributed by atoms with Crippen LogP contribution in [0.4, 0.5) is 27.6 Å². The summed E-state index contributed by atoms with van der Waals surface area (Å²) >= 11 is 5.90. The highest BCUT2D eigenvalue weighted by molar-refractivity contribution is 6.62. The van der Waals surface area contributed by atoms with Crippen LogP contribution in [0.25, 0.3) is 0 Å². The normalized spacial score (nSPS) is 18.0. The first-order valence-corrected chi connectivity index (χ1v) is 10.6. The van der Waals surface area contributed by atoms with Gasteiger partial charge in [0.25, 0.3) is 5.91 Å². The number of nitrogens with one attached hydrogen (secondary N) is 1. The summed E-state index contributed by atoms with van der Waals surface area (Å²) in [4.78, 5) is 12.8. The first-order valence-electron chi connectivity index (χ1n) is 10.2. The molecule has 12 heteroatoms. The summed E-state index contributed by atoms with van der Waals surface area (Å²) < 4.78 is 85.3. The molecule has 1 unspecified atom stereocenters. The van der Waals surface area contributed by atoms with Crippen molar-refractivity contribution in [2.45, 2.75) is 58.1 Å². The predicted molar refractivity (Wildman–Crippen MR) is 118 cm³/mol. The average molecular weight is 506 g/mol. The van der Waals surface area contributed by atoms with Gasteiger partial charge < -0.3 is 19.4 Å². The molecule has 34 heavy (non-hydrogen) atoms. The summed E-state index contributed by atoms with van der Waals surface area (Å²) in [6.07, 6.45) is -7.12. The van der Waals surface area contributed by atoms with Gasteiger partial charge in [0.2, 0.25) is 0 Å². The summed E-state index contributed by atoms with van der Waals surface area (Å²) in [5, 5.41) is 1.99. The molecule has 3 rings (SSSR count). The standard InChI is InChI=1S/C22H22BClF5NO4/c1-11(22(27,28)29)32-17-10-13(23-33-20(2,3)21(4,5)34-23)16(26)9-12(17)19(31)30-18-14(24)7-6-8-15(18)25/h6-11H,1-5H3,(H,30,31). The van der Waals surface area contributed by atoms with Crippen molar-refractivity contribution in [3.8, 4) is 5.75 Å². The highest BCUT2D eigenvalue weighted by Gasteiger charge is 2.52. The highest BCUT2D eigenvalue weighted by atomic mass is 35.5. The van der Waals surface area contributed by atoms with Gasteiger partial charge in [-0.1, -0.05) is 17.7 Å². The Bertz CT molecular complexity index is 1070. The largest absolute Gasteiger partial charge is 0.497 e. The Morgan fingerprint density at radius 2 is 1.68 bits per heavy atom. The van der Waals surface area contributed by atoms with Crippen LogP contribution >= 0.6 is 11.6 Å². The zero-order chi connectivity index (χ0) is 25.6. The molecule has 1 amide bonds. The lowest BCUT2D eigenvalue weighted by Crippen LogP contribution is -2.41. The van der Waals surface area contributed by atoms with E-state index in [4.69, 9.17) is 25.6 Å². The van der Waals surface area contributed by atoms with Crippen molar-refractivity contribution in [1.29, 1.82) is 0 Å². The smallest absolute Gasteiger partial charge is 0.480 e. The van der Waals surface area contributed by atoms with Gasteiger partial charge in [-0.15, -0.1) is 0 Å². The maximum atomic E-state index is 15.1. The molecule has 0 saturated carbocycles. The predicted octanol–water partition coefficient (Wildman–Crippen LogP) is 5.50. The summed E-state index contributed by atoms with van der Waals surface area (Å²) in [5.41, 5.74) is -3.00. The lowest BCUT2D eigenvalue weighted by atomic mass is 9.78. The van der Waals surface area contributed by atoms with Gasteiger partial charge in [-0.2, -0.15) is 13.2 Å². The van der Waals surface area contributed by atoms with Gasteiger partial charge in [-0.3, -0.25) is 4.79 Å². The number of ether oxygens (including phenoxy) is 1. The topological polar surface area (TPSA) is 56.8 Å². The molecular formula is C22H22BClF5NO4. The summed E-state index contributed by atoms with van der Waals surface area (Å²) in [6, 6.07) is 5.21. The van der Waals surface area contributed by atoms with Crippen molar-refractivity contribution in [2.24, 2.45) is 0 Å². The van der Waals surface area contributed by atoms with E-state index in [1.165, 1.54) is 12.1 Å². The van der Waals surface area contributed by atoms with Crippen molar-refractivity contribution in [3.63, 3.8) is 0 Å². The fraction of sp³-hybridized carbons (Fsp3) is 0.409. The number of carbonyl (C=O) groups excluding carboxylic acids is 1. The molecule has 2 aromatic carbocycles. The SMILES string of the molecule is CC(Oc1cc(B2OC(C)(C)C(C)(C)O2)c(F)cc1C(=O)Nc1c(F)cccc1Cl)C(F)(F)F. The van der Waals surface area contributed by atoms with E-state index in [2.05, 4.69) is 5.32 Å². The Labute approximate surface area is 198 Å². The molecule has 0 aromatic heterocycles. The monoisotopic (exact) mass is 505 g/mol. The van der Waals surface area contributed by atoms with Crippen molar-refractivity contribution < 1.29 is 40.8 Å². The van der Waals surface area contributed by atoms with E-state index in [0.29, 0.717) is 6.07 Å². The number of alkyl halides is 3. The van der Waals surface area contributed by atoms with Crippen LogP contribution in [0.5, 0.6) is 5.75 Å². The van der Waals surface area contributed by atoms with Crippen LogP contribution in [0.1, 0.15) is 45.0 Å². The Balaban J connectivity index is 2.05. The average Bonchev–Trinajstić information content (AvgIpc) is 2.91. The molecule has 2 aromatic rings. The molecule has 1 fully saturated rings. The second kappa shape index (κ2) is 9.01. The number of benzene rings is 2. The number of halogens is 6. The van der Waals surface area contributed by atoms with Gasteiger partial charge in [-0.05, 0) is 58.9 Å². The summed E-state index contributed by atoms with van der Waals surface area (Å²) in [6.45, 7) is 7.59. The zero-order valence-corrected chi connectivity index (χ0v) is 19.7. The molecule has 0 bridgehead atoms. The molecule has 1 atom stereocenters. The molecule has 1 heterocycles. The lowest BCUT2D eigenvalue weighted by molar-refractivity contribution is -0.189. The number of amides is 1. The molecule has 0 aliphatic carbocycles. The number of hydrogen-bond acceptors (Lipinski definition) is 4. The van der Waals surface area contributed by atoms with Crippen molar-refractivity contribution in [3.05, 3.63) is 52.6 Å². The molecule has 0 spiro atoms. The molecule has 5 nitrogen and oxygen atoms in total. The number of hydrogen-bond donors (Lipinski definition) is 1. The van der Waals surface area contributed by atoms with Crippen LogP contribution in [0.15, 0.2) is 30.3 Å². The molecule has 0 radical (unpaired) electrons. The van der Waals surface area contributed by atoms with Gasteiger partial charge in [0.05, 0.1) is 27.5 Å². The number of carbonyl (C=O) groups is 1. The number of para-hydroxylation sites is 1. The Kier molecular flexibility index (Phi) is 6.96. The summed E-state index contributed by atoms with van der Waals surface area (Å²) in [5.74, 6) is -3.60. The lowest BCUT2D eigenvalue weighted by Gasteiger charge is -2.32.